The summed E-state index contributed by atoms with van der Waals surface area (Å²) in [5.74, 6) is 0. The van der Waals surface area contributed by atoms with Gasteiger partial charge in [0.15, 0.2) is 0 Å². The lowest BCUT2D eigenvalue weighted by atomic mass is 10.3. The Kier molecular flexibility index (Phi) is 5.06. The van der Waals surface area contributed by atoms with Crippen LogP contribution in [0.4, 0.5) is 13.2 Å². The highest BCUT2D eigenvalue weighted by atomic mass is 79.9. The minimum absolute atomic E-state index is 0.412. The Morgan fingerprint density at radius 3 is 2.62 bits per heavy atom. The van der Waals surface area contributed by atoms with Crippen molar-refractivity contribution in [2.75, 3.05) is 13.2 Å². The molecule has 0 radical (unpaired) electrons. The maximum absolute atomic E-state index is 11.7. The maximum atomic E-state index is 11.7. The zero-order valence-electron chi connectivity index (χ0n) is 7.72. The third-order valence-corrected chi connectivity index (χ3v) is 4.11. The molecule has 0 bridgehead atoms. The van der Waals surface area contributed by atoms with Gasteiger partial charge in [-0.15, -0.1) is 11.3 Å². The molecule has 1 rings (SSSR count). The molecule has 92 valence electrons. The molecule has 0 aliphatic rings. The van der Waals surface area contributed by atoms with Gasteiger partial charge < -0.3 is 9.84 Å². The van der Waals surface area contributed by atoms with Gasteiger partial charge in [-0.1, -0.05) is 11.6 Å². The fraction of sp³-hybridized carbons (Fsp3) is 0.500. The van der Waals surface area contributed by atoms with Crippen molar-refractivity contribution in [3.63, 3.8) is 0 Å². The molecule has 1 atom stereocenters. The second-order valence-electron chi connectivity index (χ2n) is 2.92. The molecule has 1 aromatic heterocycles. The average Bonchev–Trinajstić information content (AvgIpc) is 2.45. The van der Waals surface area contributed by atoms with E-state index in [4.69, 9.17) is 11.6 Å². The Labute approximate surface area is 107 Å². The summed E-state index contributed by atoms with van der Waals surface area (Å²) in [5.41, 5.74) is 0. The monoisotopic (exact) mass is 338 g/mol. The number of aliphatic hydroxyl groups is 1. The molecule has 0 aromatic carbocycles. The lowest BCUT2D eigenvalue weighted by molar-refractivity contribution is -0.179. The van der Waals surface area contributed by atoms with E-state index in [1.54, 1.807) is 0 Å². The Hall–Kier alpha value is 0.180. The van der Waals surface area contributed by atoms with Crippen molar-refractivity contribution in [1.29, 1.82) is 0 Å². The SMILES string of the molecule is OC(COCC(F)(F)F)c1cc(Cl)c(Br)s1. The molecule has 0 spiro atoms. The minimum atomic E-state index is -4.38. The van der Waals surface area contributed by atoms with Crippen LogP contribution in [0.3, 0.4) is 0 Å². The van der Waals surface area contributed by atoms with Gasteiger partial charge in [-0.05, 0) is 22.0 Å². The molecule has 16 heavy (non-hydrogen) atoms. The molecule has 0 saturated heterocycles. The Morgan fingerprint density at radius 2 is 2.19 bits per heavy atom. The van der Waals surface area contributed by atoms with E-state index in [9.17, 15) is 18.3 Å². The molecule has 8 heteroatoms. The Bertz CT molecular complexity index is 336. The number of halogens is 5. The molecule has 2 nitrogen and oxygen atoms in total. The van der Waals surface area contributed by atoms with Gasteiger partial charge in [0.25, 0.3) is 0 Å². The number of ether oxygens (including phenoxy) is 1. The highest BCUT2D eigenvalue weighted by Gasteiger charge is 2.28. The van der Waals surface area contributed by atoms with E-state index in [0.717, 1.165) is 11.3 Å². The number of alkyl halides is 3. The quantitative estimate of drug-likeness (QED) is 0.905. The van der Waals surface area contributed by atoms with Crippen molar-refractivity contribution in [2.24, 2.45) is 0 Å². The lowest BCUT2D eigenvalue weighted by Gasteiger charge is -2.10. The van der Waals surface area contributed by atoms with Crippen LogP contribution in [0.15, 0.2) is 9.85 Å². The van der Waals surface area contributed by atoms with Crippen molar-refractivity contribution in [3.05, 3.63) is 19.8 Å². The van der Waals surface area contributed by atoms with E-state index in [2.05, 4.69) is 20.7 Å². The highest BCUT2D eigenvalue weighted by molar-refractivity contribution is 9.11. The van der Waals surface area contributed by atoms with E-state index in [0.29, 0.717) is 13.7 Å². The predicted molar refractivity (Wildman–Crippen MR) is 58.9 cm³/mol. The molecule has 0 amide bonds. The summed E-state index contributed by atoms with van der Waals surface area (Å²) in [6.45, 7) is -1.78. The van der Waals surface area contributed by atoms with Crippen LogP contribution in [-0.4, -0.2) is 24.5 Å². The number of hydrogen-bond donors (Lipinski definition) is 1. The fourth-order valence-corrected chi connectivity index (χ4v) is 2.61. The smallest absolute Gasteiger partial charge is 0.385 e. The van der Waals surface area contributed by atoms with Crippen molar-refractivity contribution >= 4 is 38.9 Å². The molecule has 1 heterocycles. The highest BCUT2D eigenvalue weighted by Crippen LogP contribution is 2.35. The Morgan fingerprint density at radius 1 is 1.56 bits per heavy atom. The van der Waals surface area contributed by atoms with Crippen molar-refractivity contribution in [1.82, 2.24) is 0 Å². The van der Waals surface area contributed by atoms with Gasteiger partial charge in [-0.2, -0.15) is 13.2 Å². The Balaban J connectivity index is 2.44. The second-order valence-corrected chi connectivity index (χ2v) is 5.73. The van der Waals surface area contributed by atoms with E-state index >= 15 is 0 Å². The largest absolute Gasteiger partial charge is 0.411 e. The van der Waals surface area contributed by atoms with Gasteiger partial charge in [0.05, 0.1) is 15.4 Å². The third kappa shape index (κ3) is 4.58. The standard InChI is InChI=1S/C8H7BrClF3O2S/c9-7-4(10)1-6(16-7)5(14)2-15-3-8(11,12)13/h1,5,14H,2-3H2. The van der Waals surface area contributed by atoms with Gasteiger partial charge in [-0.3, -0.25) is 0 Å². The first-order valence-corrected chi connectivity index (χ1v) is 6.05. The van der Waals surface area contributed by atoms with Crippen LogP contribution >= 0.6 is 38.9 Å². The van der Waals surface area contributed by atoms with Crippen LogP contribution < -0.4 is 0 Å². The number of thiophene rings is 1. The fourth-order valence-electron chi connectivity index (χ4n) is 0.896. The second kappa shape index (κ2) is 5.68. The normalized spacial score (nSPS) is 14.1. The molecule has 0 aliphatic heterocycles. The van der Waals surface area contributed by atoms with E-state index in [1.165, 1.54) is 6.07 Å². The van der Waals surface area contributed by atoms with Crippen molar-refractivity contribution < 1.29 is 23.0 Å². The van der Waals surface area contributed by atoms with Crippen molar-refractivity contribution in [3.8, 4) is 0 Å². The van der Waals surface area contributed by atoms with E-state index in [1.807, 2.05) is 0 Å². The molecule has 0 fully saturated rings. The van der Waals surface area contributed by atoms with Crippen LogP contribution in [0.2, 0.25) is 5.02 Å². The van der Waals surface area contributed by atoms with Crippen LogP contribution in [0.1, 0.15) is 11.0 Å². The molecular weight excluding hydrogens is 333 g/mol. The zero-order chi connectivity index (χ0) is 12.3. The molecule has 1 unspecified atom stereocenters. The molecule has 1 N–H and O–H groups in total. The summed E-state index contributed by atoms with van der Waals surface area (Å²) >= 11 is 10.0. The predicted octanol–water partition coefficient (Wildman–Crippen LogP) is 3.78. The summed E-state index contributed by atoms with van der Waals surface area (Å²) in [6, 6.07) is 1.48. The number of aliphatic hydroxyl groups excluding tert-OH is 1. The topological polar surface area (TPSA) is 29.5 Å². The van der Waals surface area contributed by atoms with Gasteiger partial charge in [0.1, 0.15) is 12.7 Å². The third-order valence-electron chi connectivity index (χ3n) is 1.53. The summed E-state index contributed by atoms with van der Waals surface area (Å²) in [6.07, 6.45) is -5.48. The van der Waals surface area contributed by atoms with Gasteiger partial charge >= 0.3 is 6.18 Å². The van der Waals surface area contributed by atoms with Crippen molar-refractivity contribution in [2.45, 2.75) is 12.3 Å². The van der Waals surface area contributed by atoms with Crippen LogP contribution in [0.5, 0.6) is 0 Å². The lowest BCUT2D eigenvalue weighted by Crippen LogP contribution is -2.19. The minimum Gasteiger partial charge on any atom is -0.385 e. The molecule has 0 aliphatic carbocycles. The first-order valence-electron chi connectivity index (χ1n) is 4.07. The average molecular weight is 340 g/mol. The number of rotatable bonds is 4. The van der Waals surface area contributed by atoms with Crippen LogP contribution in [0, 0.1) is 0 Å². The number of hydrogen-bond acceptors (Lipinski definition) is 3. The summed E-state index contributed by atoms with van der Waals surface area (Å²) in [4.78, 5) is 0.457. The van der Waals surface area contributed by atoms with Gasteiger partial charge in [-0.25, -0.2) is 0 Å². The summed E-state index contributed by atoms with van der Waals surface area (Å²) in [5, 5.41) is 9.91. The van der Waals surface area contributed by atoms with E-state index < -0.39 is 25.5 Å². The van der Waals surface area contributed by atoms with Gasteiger partial charge in [0.2, 0.25) is 0 Å². The van der Waals surface area contributed by atoms with Crippen LogP contribution in [-0.2, 0) is 4.74 Å². The first kappa shape index (κ1) is 14.2. The molecule has 0 saturated carbocycles. The zero-order valence-corrected chi connectivity index (χ0v) is 10.9. The maximum Gasteiger partial charge on any atom is 0.411 e. The molecule has 1 aromatic rings. The summed E-state index contributed by atoms with van der Waals surface area (Å²) < 4.78 is 40.2. The van der Waals surface area contributed by atoms with E-state index in [-0.39, 0.29) is 0 Å². The first-order chi connectivity index (χ1) is 7.29. The molecular formula is C8H7BrClF3O2S. The van der Waals surface area contributed by atoms with Crippen LogP contribution in [0.25, 0.3) is 0 Å². The summed E-state index contributed by atoms with van der Waals surface area (Å²) in [7, 11) is 0. The van der Waals surface area contributed by atoms with Gasteiger partial charge in [0, 0.05) is 4.88 Å².